The summed E-state index contributed by atoms with van der Waals surface area (Å²) in [7, 11) is 1.58. The standard InChI is InChI=1S/C33H32FNO3/c1-22-16-26(31-20-30(38-2)14-15-32(31)34)11-10-25(22)17-23-8-12-28(13-9-23)35-21-27(18-29(35)19-33(36)37)24-6-4-3-5-7-24/h3-16,20,27,29H,17-19,21H2,1-2H3,(H,36,37)/t27-,29+/m0/s1. The van der Waals surface area contributed by atoms with E-state index in [2.05, 4.69) is 54.3 Å². The molecule has 0 aliphatic carbocycles. The third kappa shape index (κ3) is 5.57. The van der Waals surface area contributed by atoms with Crippen LogP contribution >= 0.6 is 0 Å². The van der Waals surface area contributed by atoms with Crippen LogP contribution in [-0.4, -0.2) is 30.8 Å². The number of ether oxygens (including phenoxy) is 1. The van der Waals surface area contributed by atoms with Crippen molar-refractivity contribution in [2.45, 2.75) is 38.1 Å². The van der Waals surface area contributed by atoms with E-state index >= 15 is 0 Å². The molecule has 0 radical (unpaired) electrons. The summed E-state index contributed by atoms with van der Waals surface area (Å²) in [6, 6.07) is 29.6. The molecule has 1 heterocycles. The number of carboxylic acid groups (broad SMARTS) is 1. The summed E-state index contributed by atoms with van der Waals surface area (Å²) < 4.78 is 19.7. The number of aryl methyl sites for hydroxylation is 1. The Labute approximate surface area is 223 Å². The fourth-order valence-electron chi connectivity index (χ4n) is 5.53. The van der Waals surface area contributed by atoms with Crippen LogP contribution in [-0.2, 0) is 11.2 Å². The minimum Gasteiger partial charge on any atom is -0.497 e. The number of hydrogen-bond acceptors (Lipinski definition) is 3. The Morgan fingerprint density at radius 2 is 1.76 bits per heavy atom. The summed E-state index contributed by atoms with van der Waals surface area (Å²) in [5, 5.41) is 9.51. The molecule has 1 aliphatic heterocycles. The van der Waals surface area contributed by atoms with Gasteiger partial charge in [-0.15, -0.1) is 0 Å². The average Bonchev–Trinajstić information content (AvgIpc) is 3.34. The molecular weight excluding hydrogens is 477 g/mol. The van der Waals surface area contributed by atoms with Crippen molar-refractivity contribution in [2.24, 2.45) is 0 Å². The van der Waals surface area contributed by atoms with E-state index < -0.39 is 5.97 Å². The Morgan fingerprint density at radius 3 is 2.45 bits per heavy atom. The van der Waals surface area contributed by atoms with Gasteiger partial charge in [0.2, 0.25) is 0 Å². The predicted octanol–water partition coefficient (Wildman–Crippen LogP) is 7.24. The average molecular weight is 510 g/mol. The molecule has 0 spiro atoms. The van der Waals surface area contributed by atoms with Crippen molar-refractivity contribution < 1.29 is 19.0 Å². The van der Waals surface area contributed by atoms with Gasteiger partial charge < -0.3 is 14.7 Å². The van der Waals surface area contributed by atoms with Gasteiger partial charge in [0.25, 0.3) is 0 Å². The minimum atomic E-state index is -0.766. The van der Waals surface area contributed by atoms with Gasteiger partial charge in [-0.25, -0.2) is 4.39 Å². The number of methoxy groups -OCH3 is 1. The van der Waals surface area contributed by atoms with Crippen LogP contribution < -0.4 is 9.64 Å². The zero-order valence-electron chi connectivity index (χ0n) is 21.7. The Balaban J connectivity index is 1.32. The van der Waals surface area contributed by atoms with Crippen molar-refractivity contribution in [3.05, 3.63) is 119 Å². The fraction of sp³-hybridized carbons (Fsp3) is 0.242. The van der Waals surface area contributed by atoms with Crippen LogP contribution in [0.3, 0.4) is 0 Å². The maximum atomic E-state index is 14.5. The van der Waals surface area contributed by atoms with E-state index in [4.69, 9.17) is 4.74 Å². The lowest BCUT2D eigenvalue weighted by Gasteiger charge is -2.26. The van der Waals surface area contributed by atoms with E-state index in [0.29, 0.717) is 17.2 Å². The number of nitrogens with zero attached hydrogens (tertiary/aromatic N) is 1. The van der Waals surface area contributed by atoms with E-state index in [1.165, 1.54) is 22.8 Å². The number of benzene rings is 4. The summed E-state index contributed by atoms with van der Waals surface area (Å²) in [5.41, 5.74) is 7.11. The van der Waals surface area contributed by atoms with Crippen molar-refractivity contribution in [3.63, 3.8) is 0 Å². The highest BCUT2D eigenvalue weighted by Gasteiger charge is 2.34. The second-order valence-electron chi connectivity index (χ2n) is 10.1. The third-order valence-corrected chi connectivity index (χ3v) is 7.59. The number of aliphatic carboxylic acids is 1. The first-order valence-corrected chi connectivity index (χ1v) is 13.0. The molecule has 194 valence electrons. The van der Waals surface area contributed by atoms with Gasteiger partial charge >= 0.3 is 5.97 Å². The van der Waals surface area contributed by atoms with Crippen LogP contribution in [0.15, 0.2) is 91.0 Å². The van der Waals surface area contributed by atoms with Crippen molar-refractivity contribution in [1.29, 1.82) is 0 Å². The molecule has 4 nitrogen and oxygen atoms in total. The molecule has 4 aromatic rings. The molecule has 0 bridgehead atoms. The summed E-state index contributed by atoms with van der Waals surface area (Å²) in [5.74, 6) is -0.0954. The van der Waals surface area contributed by atoms with Gasteiger partial charge in [-0.2, -0.15) is 0 Å². The van der Waals surface area contributed by atoms with Crippen LogP contribution in [0, 0.1) is 12.7 Å². The molecule has 4 aromatic carbocycles. The first-order chi connectivity index (χ1) is 18.4. The van der Waals surface area contributed by atoms with Crippen LogP contribution in [0.5, 0.6) is 5.75 Å². The molecule has 0 saturated carbocycles. The summed E-state index contributed by atoms with van der Waals surface area (Å²) in [6.07, 6.45) is 1.72. The van der Waals surface area contributed by atoms with Crippen LogP contribution in [0.1, 0.15) is 41.0 Å². The zero-order valence-corrected chi connectivity index (χ0v) is 21.7. The highest BCUT2D eigenvalue weighted by Crippen LogP contribution is 2.37. The van der Waals surface area contributed by atoms with E-state index in [9.17, 15) is 14.3 Å². The van der Waals surface area contributed by atoms with Gasteiger partial charge in [0, 0.05) is 29.8 Å². The van der Waals surface area contributed by atoms with E-state index in [1.807, 2.05) is 30.3 Å². The summed E-state index contributed by atoms with van der Waals surface area (Å²) in [4.78, 5) is 13.8. The Kier molecular flexibility index (Phi) is 7.45. The number of rotatable bonds is 8. The predicted molar refractivity (Wildman–Crippen MR) is 150 cm³/mol. The second-order valence-corrected chi connectivity index (χ2v) is 10.1. The number of halogens is 1. The normalized spacial score (nSPS) is 17.0. The Hall–Kier alpha value is -4.12. The van der Waals surface area contributed by atoms with Crippen molar-refractivity contribution in [3.8, 4) is 16.9 Å². The third-order valence-electron chi connectivity index (χ3n) is 7.59. The van der Waals surface area contributed by atoms with E-state index in [1.54, 1.807) is 19.2 Å². The molecule has 0 unspecified atom stereocenters. The molecule has 1 saturated heterocycles. The molecule has 2 atom stereocenters. The molecule has 5 heteroatoms. The van der Waals surface area contributed by atoms with E-state index in [-0.39, 0.29) is 18.3 Å². The number of hydrogen-bond donors (Lipinski definition) is 1. The van der Waals surface area contributed by atoms with Gasteiger partial charge in [-0.3, -0.25) is 4.79 Å². The molecule has 38 heavy (non-hydrogen) atoms. The first-order valence-electron chi connectivity index (χ1n) is 13.0. The Morgan fingerprint density at radius 1 is 1.00 bits per heavy atom. The lowest BCUT2D eigenvalue weighted by Crippen LogP contribution is -2.31. The minimum absolute atomic E-state index is 0.0321. The number of carbonyl (C=O) groups is 1. The summed E-state index contributed by atoms with van der Waals surface area (Å²) in [6.45, 7) is 2.86. The number of anilines is 1. The van der Waals surface area contributed by atoms with Gasteiger partial charge in [-0.05, 0) is 77.9 Å². The molecular formula is C33H32FNO3. The first kappa shape index (κ1) is 25.5. The lowest BCUT2D eigenvalue weighted by atomic mass is 9.95. The topological polar surface area (TPSA) is 49.8 Å². The molecule has 1 N–H and O–H groups in total. The monoisotopic (exact) mass is 509 g/mol. The van der Waals surface area contributed by atoms with Crippen LogP contribution in [0.25, 0.3) is 11.1 Å². The highest BCUT2D eigenvalue weighted by atomic mass is 19.1. The maximum absolute atomic E-state index is 14.5. The van der Waals surface area contributed by atoms with Gasteiger partial charge in [0.1, 0.15) is 11.6 Å². The molecule has 1 fully saturated rings. The fourth-order valence-corrected chi connectivity index (χ4v) is 5.53. The van der Waals surface area contributed by atoms with Gasteiger partial charge in [0.15, 0.2) is 0 Å². The largest absolute Gasteiger partial charge is 0.497 e. The second kappa shape index (κ2) is 11.1. The van der Waals surface area contributed by atoms with Crippen molar-refractivity contribution >= 4 is 11.7 Å². The Bertz CT molecular complexity index is 1420. The smallest absolute Gasteiger partial charge is 0.305 e. The zero-order chi connectivity index (χ0) is 26.6. The molecule has 0 amide bonds. The number of carboxylic acids is 1. The quantitative estimate of drug-likeness (QED) is 0.272. The molecule has 5 rings (SSSR count). The van der Waals surface area contributed by atoms with Gasteiger partial charge in [-0.1, -0.05) is 60.7 Å². The maximum Gasteiger partial charge on any atom is 0.305 e. The SMILES string of the molecule is COc1ccc(F)c(-c2ccc(Cc3ccc(N4C[C@@H](c5ccccc5)C[C@@H]4CC(=O)O)cc3)c(C)c2)c1. The highest BCUT2D eigenvalue weighted by molar-refractivity contribution is 5.69. The van der Waals surface area contributed by atoms with Crippen molar-refractivity contribution in [1.82, 2.24) is 0 Å². The molecule has 0 aromatic heterocycles. The van der Waals surface area contributed by atoms with Crippen LogP contribution in [0.4, 0.5) is 10.1 Å². The lowest BCUT2D eigenvalue weighted by molar-refractivity contribution is -0.137. The van der Waals surface area contributed by atoms with Crippen LogP contribution in [0.2, 0.25) is 0 Å². The van der Waals surface area contributed by atoms with E-state index in [0.717, 1.165) is 36.2 Å². The van der Waals surface area contributed by atoms with Crippen molar-refractivity contribution in [2.75, 3.05) is 18.6 Å². The molecule has 1 aliphatic rings. The summed E-state index contributed by atoms with van der Waals surface area (Å²) >= 11 is 0. The van der Waals surface area contributed by atoms with Gasteiger partial charge in [0.05, 0.1) is 13.5 Å².